The average Bonchev–Trinajstić information content (AvgIpc) is 4.29. The normalized spacial score (nSPS) is 12.5. The first-order chi connectivity index (χ1) is 39.1. The van der Waals surface area contributed by atoms with Crippen LogP contribution in [-0.2, 0) is 0 Å². The van der Waals surface area contributed by atoms with E-state index in [-0.39, 0.29) is 0 Å². The van der Waals surface area contributed by atoms with Gasteiger partial charge in [-0.1, -0.05) is 164 Å². The Morgan fingerprint density at radius 3 is 1.85 bits per heavy atom. The van der Waals surface area contributed by atoms with Crippen molar-refractivity contribution in [3.8, 4) is 78.6 Å². The van der Waals surface area contributed by atoms with E-state index in [9.17, 15) is 0 Å². The molecule has 0 radical (unpaired) electrons. The monoisotopic (exact) mass is 1010 g/mol. The lowest BCUT2D eigenvalue weighted by atomic mass is 9.91. The first-order valence-corrected chi connectivity index (χ1v) is 26.9. The Morgan fingerprint density at radius 1 is 0.405 bits per heavy atom. The lowest BCUT2D eigenvalue weighted by molar-refractivity contribution is 0.483. The molecule has 14 aromatic rings. The third kappa shape index (κ3) is 6.99. The molecule has 0 bridgehead atoms. The first kappa shape index (κ1) is 44.8. The summed E-state index contributed by atoms with van der Waals surface area (Å²) in [5.74, 6) is 2.29. The highest BCUT2D eigenvalue weighted by Crippen LogP contribution is 2.53. The lowest BCUT2D eigenvalue weighted by Crippen LogP contribution is -2.24. The molecule has 0 fully saturated rings. The standard InChI is InChI=1S/C72H48N6O/c1-46-40-68(74-44-61(46)49-22-17-39-73-43-49)77-65-37-38-66-69(57-27-9-8-25-55(57)58-30-16-31-59-56-26-10-11-32-62(56)78(66)72(58)59)70(65)60-36-35-52(42-67(60)77)79-51-24-14-23-50(41-51)75-45-76(64-34-13-12-33-63(64)75)71-53(47-18-4-2-5-19-47)28-15-29-54(71)48-20-6-3-7-21-48/h2-44H,45H2,1H3. The van der Waals surface area contributed by atoms with E-state index in [2.05, 4.69) is 267 Å². The van der Waals surface area contributed by atoms with E-state index in [0.717, 1.165) is 78.6 Å². The number of aryl methyl sites for hydroxylation is 1. The fourth-order valence-corrected chi connectivity index (χ4v) is 12.8. The number of fused-ring (bicyclic) bond motifs is 13. The Hall–Kier alpha value is -10.5. The van der Waals surface area contributed by atoms with Gasteiger partial charge in [0.2, 0.25) is 0 Å². The van der Waals surface area contributed by atoms with Gasteiger partial charge in [0.25, 0.3) is 0 Å². The van der Waals surface area contributed by atoms with Gasteiger partial charge in [0.05, 0.1) is 44.8 Å². The summed E-state index contributed by atoms with van der Waals surface area (Å²) in [4.78, 5) is 14.6. The van der Waals surface area contributed by atoms with Crippen molar-refractivity contribution in [1.29, 1.82) is 0 Å². The quantitative estimate of drug-likeness (QED) is 0.152. The fraction of sp³-hybridized carbons (Fsp3) is 0.0278. The molecule has 0 unspecified atom stereocenters. The van der Waals surface area contributed by atoms with Crippen molar-refractivity contribution in [1.82, 2.24) is 19.1 Å². The summed E-state index contributed by atoms with van der Waals surface area (Å²) in [6.45, 7) is 2.76. The van der Waals surface area contributed by atoms with Gasteiger partial charge in [0.1, 0.15) is 24.0 Å². The van der Waals surface area contributed by atoms with Gasteiger partial charge in [-0.05, 0) is 101 Å². The first-order valence-electron chi connectivity index (χ1n) is 26.9. The number of hydrogen-bond donors (Lipinski definition) is 0. The highest BCUT2D eigenvalue weighted by atomic mass is 16.5. The van der Waals surface area contributed by atoms with Crippen LogP contribution in [0.3, 0.4) is 0 Å². The van der Waals surface area contributed by atoms with Gasteiger partial charge in [-0.25, -0.2) is 4.98 Å². The number of benzene rings is 10. The molecule has 0 spiro atoms. The molecule has 10 aromatic carbocycles. The van der Waals surface area contributed by atoms with Crippen molar-refractivity contribution in [2.75, 3.05) is 16.5 Å². The third-order valence-electron chi connectivity index (χ3n) is 16.2. The molecule has 372 valence electrons. The second-order valence-corrected chi connectivity index (χ2v) is 20.6. The number of nitrogens with zero attached hydrogens (tertiary/aromatic N) is 6. The summed E-state index contributed by atoms with van der Waals surface area (Å²) < 4.78 is 11.9. The van der Waals surface area contributed by atoms with Crippen LogP contribution in [0.4, 0.5) is 22.7 Å². The Bertz CT molecular complexity index is 4700. The Labute approximate surface area is 456 Å². The molecule has 0 atom stereocenters. The number of aromatic nitrogens is 4. The minimum Gasteiger partial charge on any atom is -0.457 e. The molecule has 6 heterocycles. The van der Waals surface area contributed by atoms with Crippen LogP contribution in [0.1, 0.15) is 5.56 Å². The summed E-state index contributed by atoms with van der Waals surface area (Å²) in [6, 6.07) is 87.3. The molecule has 2 aliphatic heterocycles. The van der Waals surface area contributed by atoms with Gasteiger partial charge in [-0.2, -0.15) is 0 Å². The van der Waals surface area contributed by atoms with E-state index >= 15 is 0 Å². The van der Waals surface area contributed by atoms with Crippen molar-refractivity contribution in [2.24, 2.45) is 0 Å². The largest absolute Gasteiger partial charge is 0.457 e. The molecule has 16 rings (SSSR count). The molecule has 7 nitrogen and oxygen atoms in total. The molecule has 4 aromatic heterocycles. The van der Waals surface area contributed by atoms with E-state index in [1.165, 1.54) is 72.0 Å². The molecule has 0 N–H and O–H groups in total. The van der Waals surface area contributed by atoms with Crippen LogP contribution in [-0.4, -0.2) is 25.8 Å². The fourth-order valence-electron chi connectivity index (χ4n) is 12.8. The molecule has 0 saturated carbocycles. The number of pyridine rings is 2. The van der Waals surface area contributed by atoms with E-state index in [1.54, 1.807) is 0 Å². The highest BCUT2D eigenvalue weighted by molar-refractivity contribution is 6.23. The zero-order valence-corrected chi connectivity index (χ0v) is 43.1. The van der Waals surface area contributed by atoms with Crippen LogP contribution in [0, 0.1) is 6.92 Å². The minimum atomic E-state index is 0.605. The summed E-state index contributed by atoms with van der Waals surface area (Å²) in [5, 5.41) is 4.75. The number of para-hydroxylation sites is 5. The summed E-state index contributed by atoms with van der Waals surface area (Å²) in [5.41, 5.74) is 22.8. The van der Waals surface area contributed by atoms with E-state index < -0.39 is 0 Å². The van der Waals surface area contributed by atoms with Gasteiger partial charge < -0.3 is 19.1 Å². The molecular weight excluding hydrogens is 965 g/mol. The smallest absolute Gasteiger partial charge is 0.137 e. The predicted molar refractivity (Wildman–Crippen MR) is 325 cm³/mol. The second kappa shape index (κ2) is 17.8. The Balaban J connectivity index is 0.848. The van der Waals surface area contributed by atoms with Crippen LogP contribution < -0.4 is 14.5 Å². The maximum absolute atomic E-state index is 7.05. The van der Waals surface area contributed by atoms with Crippen molar-refractivity contribution in [3.63, 3.8) is 0 Å². The lowest BCUT2D eigenvalue weighted by Gasteiger charge is -2.27. The van der Waals surface area contributed by atoms with E-state index in [0.29, 0.717) is 6.67 Å². The molecule has 2 aliphatic rings. The van der Waals surface area contributed by atoms with Crippen molar-refractivity contribution >= 4 is 66.4 Å². The predicted octanol–water partition coefficient (Wildman–Crippen LogP) is 18.7. The van der Waals surface area contributed by atoms with Crippen LogP contribution in [0.5, 0.6) is 11.5 Å². The van der Waals surface area contributed by atoms with Gasteiger partial charge >= 0.3 is 0 Å². The number of anilines is 4. The average molecular weight is 1010 g/mol. The zero-order chi connectivity index (χ0) is 52.1. The van der Waals surface area contributed by atoms with Crippen LogP contribution in [0.25, 0.3) is 111 Å². The van der Waals surface area contributed by atoms with Crippen LogP contribution in [0.15, 0.2) is 261 Å². The zero-order valence-electron chi connectivity index (χ0n) is 43.1. The maximum atomic E-state index is 7.05. The molecular formula is C72H48N6O. The van der Waals surface area contributed by atoms with Crippen molar-refractivity contribution < 1.29 is 4.74 Å². The van der Waals surface area contributed by atoms with E-state index in [4.69, 9.17) is 9.72 Å². The maximum Gasteiger partial charge on any atom is 0.137 e. The van der Waals surface area contributed by atoms with Crippen LogP contribution >= 0.6 is 0 Å². The third-order valence-corrected chi connectivity index (χ3v) is 16.2. The summed E-state index contributed by atoms with van der Waals surface area (Å²) in [7, 11) is 0. The topological polar surface area (TPSA) is 51.4 Å². The second-order valence-electron chi connectivity index (χ2n) is 20.6. The molecule has 7 heteroatoms. The van der Waals surface area contributed by atoms with Crippen molar-refractivity contribution in [2.45, 2.75) is 6.92 Å². The Morgan fingerprint density at radius 2 is 1.06 bits per heavy atom. The number of hydrogen-bond acceptors (Lipinski definition) is 5. The van der Waals surface area contributed by atoms with E-state index in [1.807, 2.05) is 24.7 Å². The van der Waals surface area contributed by atoms with Crippen LogP contribution in [0.2, 0.25) is 0 Å². The molecule has 0 amide bonds. The highest BCUT2D eigenvalue weighted by Gasteiger charge is 2.32. The summed E-state index contributed by atoms with van der Waals surface area (Å²) in [6.07, 6.45) is 5.70. The number of ether oxygens (including phenoxy) is 1. The Kier molecular flexibility index (Phi) is 10.1. The number of rotatable bonds is 8. The minimum absolute atomic E-state index is 0.605. The van der Waals surface area contributed by atoms with Gasteiger partial charge in [-0.3, -0.25) is 9.55 Å². The van der Waals surface area contributed by atoms with Gasteiger partial charge in [-0.15, -0.1) is 0 Å². The SMILES string of the molecule is Cc1cc(-n2c3cc(Oc4cccc(N5CN(c6c(-c7ccccc7)cccc6-c6ccccc6)c6ccccc65)c4)ccc3c3c4c(ccc32)-n2c3ccccc3c3cccc(c32)-c2ccccc2-4)ncc1-c1cccnc1. The molecule has 0 saturated heterocycles. The van der Waals surface area contributed by atoms with Gasteiger partial charge in [0.15, 0.2) is 0 Å². The van der Waals surface area contributed by atoms with Crippen molar-refractivity contribution in [3.05, 3.63) is 267 Å². The molecule has 0 aliphatic carbocycles. The van der Waals surface area contributed by atoms with Gasteiger partial charge in [0, 0.05) is 91.3 Å². The summed E-state index contributed by atoms with van der Waals surface area (Å²) >= 11 is 0. The molecule has 79 heavy (non-hydrogen) atoms.